The van der Waals surface area contributed by atoms with Gasteiger partial charge in [-0.05, 0) is 30.3 Å². The summed E-state index contributed by atoms with van der Waals surface area (Å²) in [4.78, 5) is 14.9. The van der Waals surface area contributed by atoms with Crippen LogP contribution in [0.15, 0.2) is 59.6 Å². The quantitative estimate of drug-likeness (QED) is 0.560. The molecule has 0 spiro atoms. The van der Waals surface area contributed by atoms with Crippen LogP contribution < -0.4 is 10.0 Å². The number of hydrogen-bond donors (Lipinski definition) is 2. The minimum atomic E-state index is -5.35. The number of carbonyl (C=O) groups excluding carboxylic acids is 1. The first-order valence-electron chi connectivity index (χ1n) is 8.08. The van der Waals surface area contributed by atoms with Gasteiger partial charge in [-0.3, -0.25) is 14.5 Å². The Bertz CT molecular complexity index is 1130. The summed E-state index contributed by atoms with van der Waals surface area (Å²) in [5, 5.41) is 2.02. The maximum atomic E-state index is 13.0. The smallest absolute Gasteiger partial charge is 0.317 e. The van der Waals surface area contributed by atoms with Crippen LogP contribution in [-0.2, 0) is 22.0 Å². The van der Waals surface area contributed by atoms with E-state index in [9.17, 15) is 35.3 Å². The van der Waals surface area contributed by atoms with Gasteiger partial charge in [0.1, 0.15) is 0 Å². The van der Waals surface area contributed by atoms with Crippen molar-refractivity contribution in [1.29, 1.82) is 0 Å². The fourth-order valence-electron chi connectivity index (χ4n) is 2.50. The van der Waals surface area contributed by atoms with E-state index in [0.29, 0.717) is 23.0 Å². The monoisotopic (exact) mass is 447 g/mol. The molecule has 1 heterocycles. The molecule has 12 heteroatoms. The molecule has 1 unspecified atom stereocenters. The molecule has 5 nitrogen and oxygen atoms in total. The molecule has 1 amide bonds. The minimum Gasteiger partial charge on any atom is -0.317 e. The fraction of sp³-hybridized carbons (Fsp3) is 0.111. The lowest BCUT2D eigenvalue weighted by molar-refractivity contribution is -0.167. The van der Waals surface area contributed by atoms with Gasteiger partial charge in [-0.1, -0.05) is 18.2 Å². The molecule has 0 aliphatic rings. The third-order valence-electron chi connectivity index (χ3n) is 3.85. The van der Waals surface area contributed by atoms with Gasteiger partial charge in [0.05, 0.1) is 27.4 Å². The number of hydrogen-bond acceptors (Lipinski definition) is 3. The van der Waals surface area contributed by atoms with E-state index in [4.69, 9.17) is 0 Å². The van der Waals surface area contributed by atoms with Crippen LogP contribution in [0.3, 0.4) is 0 Å². The van der Waals surface area contributed by atoms with E-state index >= 15 is 0 Å². The first-order valence-corrected chi connectivity index (χ1v) is 9.23. The lowest BCUT2D eigenvalue weighted by atomic mass is 10.2. The number of aromatic nitrogens is 1. The molecule has 0 saturated carbocycles. The third-order valence-corrected chi connectivity index (χ3v) is 5.01. The number of para-hydroxylation sites is 1. The molecule has 0 radical (unpaired) electrons. The van der Waals surface area contributed by atoms with Crippen LogP contribution in [0, 0.1) is 0 Å². The highest BCUT2D eigenvalue weighted by Gasteiger charge is 2.40. The molecule has 1 atom stereocenters. The van der Waals surface area contributed by atoms with Gasteiger partial charge < -0.3 is 5.32 Å². The fourth-order valence-corrected chi connectivity index (χ4v) is 3.48. The Kier molecular flexibility index (Phi) is 5.70. The Morgan fingerprint density at radius 2 is 1.63 bits per heavy atom. The van der Waals surface area contributed by atoms with Gasteiger partial charge in [0.25, 0.3) is 0 Å². The molecule has 3 aromatic rings. The number of pyridine rings is 1. The molecular weight excluding hydrogens is 436 g/mol. The first-order chi connectivity index (χ1) is 14.0. The largest absolute Gasteiger partial charge is 0.471 e. The maximum absolute atomic E-state index is 13.0. The Morgan fingerprint density at radius 3 is 2.30 bits per heavy atom. The number of benzene rings is 2. The number of alkyl halides is 6. The Morgan fingerprint density at radius 1 is 0.933 bits per heavy atom. The zero-order valence-electron chi connectivity index (χ0n) is 14.6. The van der Waals surface area contributed by atoms with Crippen molar-refractivity contribution < 1.29 is 35.3 Å². The number of carbonyl (C=O) groups is 1. The molecule has 0 aliphatic carbocycles. The molecule has 0 aliphatic heterocycles. The summed E-state index contributed by atoms with van der Waals surface area (Å²) in [5.41, 5.74) is -1.57. The standard InChI is InChI=1S/C18H11F6N3O2S/c19-17(20,21)11-6-7-14(13(9-11)26-16(28)18(22,23)24)30(29)27-12-5-1-3-10-4-2-8-25-15(10)12/h1-9,27H,(H,26,28). The minimum absolute atomic E-state index is 0.236. The number of nitrogens with zero attached hydrogens (tertiary/aromatic N) is 1. The summed E-state index contributed by atoms with van der Waals surface area (Å²) >= 11 is 0. The van der Waals surface area contributed by atoms with E-state index < -0.39 is 45.4 Å². The molecule has 2 aromatic carbocycles. The normalized spacial score (nSPS) is 13.1. The van der Waals surface area contributed by atoms with E-state index in [1.165, 1.54) is 17.6 Å². The number of rotatable bonds is 4. The van der Waals surface area contributed by atoms with Crippen LogP contribution in [0.25, 0.3) is 10.9 Å². The highest BCUT2D eigenvalue weighted by molar-refractivity contribution is 7.86. The van der Waals surface area contributed by atoms with Gasteiger partial charge in [0.15, 0.2) is 11.0 Å². The van der Waals surface area contributed by atoms with Crippen molar-refractivity contribution in [3.05, 3.63) is 60.3 Å². The molecular formula is C18H11F6N3O2S. The Hall–Kier alpha value is -3.15. The highest BCUT2D eigenvalue weighted by Crippen LogP contribution is 2.34. The van der Waals surface area contributed by atoms with Crippen LogP contribution in [0.5, 0.6) is 0 Å². The van der Waals surface area contributed by atoms with Crippen molar-refractivity contribution in [3.63, 3.8) is 0 Å². The lowest BCUT2D eigenvalue weighted by Crippen LogP contribution is -2.30. The highest BCUT2D eigenvalue weighted by atomic mass is 32.2. The molecule has 30 heavy (non-hydrogen) atoms. The van der Waals surface area contributed by atoms with Gasteiger partial charge >= 0.3 is 18.3 Å². The SMILES string of the molecule is O=C(Nc1cc(C(F)(F)F)ccc1S(=O)Nc1cccc2cccnc12)C(F)(F)F. The average molecular weight is 447 g/mol. The lowest BCUT2D eigenvalue weighted by Gasteiger charge is -2.16. The maximum Gasteiger partial charge on any atom is 0.471 e. The van der Waals surface area contributed by atoms with Crippen LogP contribution in [0.1, 0.15) is 5.56 Å². The van der Waals surface area contributed by atoms with Crippen LogP contribution in [-0.4, -0.2) is 21.3 Å². The third kappa shape index (κ3) is 4.70. The number of fused-ring (bicyclic) bond motifs is 1. The molecule has 1 aromatic heterocycles. The Labute approximate surface area is 167 Å². The van der Waals surface area contributed by atoms with Crippen LogP contribution >= 0.6 is 0 Å². The van der Waals surface area contributed by atoms with Gasteiger partial charge in [-0.2, -0.15) is 26.3 Å². The van der Waals surface area contributed by atoms with Crippen molar-refractivity contribution in [2.24, 2.45) is 0 Å². The molecule has 3 rings (SSSR count). The van der Waals surface area contributed by atoms with Crippen LogP contribution in [0.2, 0.25) is 0 Å². The second kappa shape index (κ2) is 7.94. The van der Waals surface area contributed by atoms with Gasteiger partial charge in [0, 0.05) is 11.6 Å². The van der Waals surface area contributed by atoms with E-state index in [1.807, 2.05) is 0 Å². The predicted octanol–water partition coefficient (Wildman–Crippen LogP) is 4.89. The first kappa shape index (κ1) is 21.6. The molecule has 158 valence electrons. The number of amides is 1. The number of nitrogens with one attached hydrogen (secondary N) is 2. The zero-order valence-corrected chi connectivity index (χ0v) is 15.5. The van der Waals surface area contributed by atoms with Crippen molar-refractivity contribution >= 4 is 39.2 Å². The summed E-state index contributed by atoms with van der Waals surface area (Å²) < 4.78 is 91.9. The van der Waals surface area contributed by atoms with Crippen LogP contribution in [0.4, 0.5) is 37.7 Å². The molecule has 2 N–H and O–H groups in total. The zero-order chi connectivity index (χ0) is 22.1. The van der Waals surface area contributed by atoms with E-state index in [-0.39, 0.29) is 5.69 Å². The van der Waals surface area contributed by atoms with E-state index in [0.717, 1.165) is 6.07 Å². The summed E-state index contributed by atoms with van der Waals surface area (Å²) in [6, 6.07) is 9.75. The average Bonchev–Trinajstić information content (AvgIpc) is 2.66. The topological polar surface area (TPSA) is 71.1 Å². The summed E-state index contributed by atoms with van der Waals surface area (Å²) in [7, 11) is -2.32. The second-order valence-electron chi connectivity index (χ2n) is 5.91. The molecule has 0 saturated heterocycles. The number of anilines is 2. The van der Waals surface area contributed by atoms with Crippen molar-refractivity contribution in [2.45, 2.75) is 17.2 Å². The van der Waals surface area contributed by atoms with Crippen molar-refractivity contribution in [3.8, 4) is 0 Å². The number of halogens is 6. The van der Waals surface area contributed by atoms with E-state index in [1.54, 1.807) is 24.3 Å². The summed E-state index contributed by atoms with van der Waals surface area (Å²) in [5.74, 6) is -2.49. The van der Waals surface area contributed by atoms with Gasteiger partial charge in [-0.15, -0.1) is 0 Å². The predicted molar refractivity (Wildman–Crippen MR) is 97.9 cm³/mol. The van der Waals surface area contributed by atoms with Crippen molar-refractivity contribution in [2.75, 3.05) is 10.0 Å². The summed E-state index contributed by atoms with van der Waals surface area (Å²) in [6.45, 7) is 0. The van der Waals surface area contributed by atoms with Gasteiger partial charge in [-0.25, -0.2) is 4.21 Å². The molecule has 0 fully saturated rings. The summed E-state index contributed by atoms with van der Waals surface area (Å²) in [6.07, 6.45) is -8.77. The van der Waals surface area contributed by atoms with Gasteiger partial charge in [0.2, 0.25) is 0 Å². The molecule has 0 bridgehead atoms. The van der Waals surface area contributed by atoms with Crippen molar-refractivity contribution in [1.82, 2.24) is 4.98 Å². The van der Waals surface area contributed by atoms with E-state index in [2.05, 4.69) is 9.71 Å². The Balaban J connectivity index is 2.00. The second-order valence-corrected chi connectivity index (χ2v) is 7.09.